The summed E-state index contributed by atoms with van der Waals surface area (Å²) >= 11 is 12.8. The van der Waals surface area contributed by atoms with Crippen molar-refractivity contribution in [1.82, 2.24) is 10.3 Å². The smallest absolute Gasteiger partial charge is 0.265 e. The molecule has 1 amide bonds. The van der Waals surface area contributed by atoms with E-state index in [-0.39, 0.29) is 26.0 Å². The summed E-state index contributed by atoms with van der Waals surface area (Å²) in [4.78, 5) is 16.4. The van der Waals surface area contributed by atoms with Crippen molar-refractivity contribution in [2.45, 2.75) is 17.7 Å². The van der Waals surface area contributed by atoms with Crippen molar-refractivity contribution in [3.8, 4) is 0 Å². The summed E-state index contributed by atoms with van der Waals surface area (Å²) < 4.78 is 27.3. The zero-order valence-electron chi connectivity index (χ0n) is 11.6. The van der Waals surface area contributed by atoms with Gasteiger partial charge in [0.15, 0.2) is 5.13 Å². The number of hydrogen-bond acceptors (Lipinski definition) is 5. The number of nitrogens with zero attached hydrogens (tertiary/aromatic N) is 1. The van der Waals surface area contributed by atoms with Gasteiger partial charge in [-0.1, -0.05) is 34.5 Å². The van der Waals surface area contributed by atoms with Gasteiger partial charge in [0.2, 0.25) is 0 Å². The molecule has 0 saturated heterocycles. The van der Waals surface area contributed by atoms with Crippen LogP contribution in [0.1, 0.15) is 21.8 Å². The number of rotatable bonds is 3. The molecule has 0 bridgehead atoms. The lowest BCUT2D eigenvalue weighted by atomic mass is 10.2. The van der Waals surface area contributed by atoms with Crippen molar-refractivity contribution >= 4 is 55.6 Å². The van der Waals surface area contributed by atoms with Gasteiger partial charge in [0.05, 0.1) is 10.7 Å². The average Bonchev–Trinajstić information content (AvgIpc) is 2.80. The van der Waals surface area contributed by atoms with E-state index in [1.165, 1.54) is 18.2 Å². The van der Waals surface area contributed by atoms with Gasteiger partial charge < -0.3 is 5.32 Å². The Morgan fingerprint density at radius 3 is 2.87 bits per heavy atom. The number of sulfonamides is 1. The van der Waals surface area contributed by atoms with Crippen LogP contribution in [-0.2, 0) is 16.4 Å². The van der Waals surface area contributed by atoms with Crippen LogP contribution < -0.4 is 10.0 Å². The molecule has 23 heavy (non-hydrogen) atoms. The van der Waals surface area contributed by atoms with Crippen LogP contribution in [0.2, 0.25) is 10.0 Å². The molecule has 1 aliphatic heterocycles. The summed E-state index contributed by atoms with van der Waals surface area (Å²) in [6.07, 6.45) is 1.37. The summed E-state index contributed by atoms with van der Waals surface area (Å²) in [5.41, 5.74) is 0.597. The van der Waals surface area contributed by atoms with Gasteiger partial charge in [0, 0.05) is 11.6 Å². The van der Waals surface area contributed by atoms with Gasteiger partial charge in [-0.15, -0.1) is 0 Å². The van der Waals surface area contributed by atoms with E-state index in [1.807, 2.05) is 0 Å². The number of carbonyl (C=O) groups is 1. The van der Waals surface area contributed by atoms with Crippen LogP contribution in [0.5, 0.6) is 0 Å². The van der Waals surface area contributed by atoms with Crippen LogP contribution in [0.25, 0.3) is 0 Å². The minimum atomic E-state index is -3.94. The lowest BCUT2D eigenvalue weighted by molar-refractivity contribution is 0.0960. The highest BCUT2D eigenvalue weighted by atomic mass is 35.5. The first-order valence-corrected chi connectivity index (χ1v) is 9.68. The second kappa shape index (κ2) is 6.27. The Morgan fingerprint density at radius 2 is 2.09 bits per heavy atom. The number of benzene rings is 1. The third kappa shape index (κ3) is 3.45. The highest BCUT2D eigenvalue weighted by molar-refractivity contribution is 7.93. The van der Waals surface area contributed by atoms with Crippen LogP contribution in [0.15, 0.2) is 23.1 Å². The predicted octanol–water partition coefficient (Wildman–Crippen LogP) is 2.93. The molecule has 1 aromatic carbocycles. The molecule has 122 valence electrons. The largest absolute Gasteiger partial charge is 0.351 e. The van der Waals surface area contributed by atoms with Crippen molar-refractivity contribution in [2.75, 3.05) is 11.3 Å². The number of carbonyl (C=O) groups excluding carboxylic acids is 1. The fourth-order valence-corrected chi connectivity index (χ4v) is 5.06. The van der Waals surface area contributed by atoms with Crippen LogP contribution >= 0.6 is 34.5 Å². The van der Waals surface area contributed by atoms with Gasteiger partial charge in [-0.05, 0) is 31.0 Å². The molecule has 2 heterocycles. The normalized spacial score (nSPS) is 14.8. The van der Waals surface area contributed by atoms with Crippen LogP contribution in [0.4, 0.5) is 5.13 Å². The topological polar surface area (TPSA) is 88.2 Å². The third-order valence-electron chi connectivity index (χ3n) is 3.18. The molecule has 10 heteroatoms. The quantitative estimate of drug-likeness (QED) is 0.841. The average molecular weight is 392 g/mol. The summed E-state index contributed by atoms with van der Waals surface area (Å²) in [7, 11) is -3.94. The first-order valence-electron chi connectivity index (χ1n) is 6.62. The number of nitrogens with one attached hydrogen (secondary N) is 2. The SMILES string of the molecule is O=C1NCCCc2nc(NS(=O)(=O)c3cc(Cl)ccc3Cl)sc21. The number of amides is 1. The lowest BCUT2D eigenvalue weighted by Gasteiger charge is -2.07. The summed E-state index contributed by atoms with van der Waals surface area (Å²) in [5.74, 6) is -0.235. The van der Waals surface area contributed by atoms with Crippen molar-refractivity contribution in [3.05, 3.63) is 38.8 Å². The molecular formula is C13H11Cl2N3O3S2. The fraction of sp³-hybridized carbons (Fsp3) is 0.231. The Balaban J connectivity index is 1.94. The summed E-state index contributed by atoms with van der Waals surface area (Å²) in [6.45, 7) is 0.584. The summed E-state index contributed by atoms with van der Waals surface area (Å²) in [5, 5.41) is 3.18. The Morgan fingerprint density at radius 1 is 1.30 bits per heavy atom. The van der Waals surface area contributed by atoms with E-state index in [0.717, 1.165) is 17.8 Å². The van der Waals surface area contributed by atoms with Crippen LogP contribution in [0.3, 0.4) is 0 Å². The molecular weight excluding hydrogens is 381 g/mol. The van der Waals surface area contributed by atoms with Gasteiger partial charge in [0.1, 0.15) is 9.77 Å². The number of halogens is 2. The maximum atomic E-state index is 12.4. The molecule has 0 radical (unpaired) electrons. The Labute approximate surface area is 146 Å². The number of aryl methyl sites for hydroxylation is 1. The maximum absolute atomic E-state index is 12.4. The van der Waals surface area contributed by atoms with Crippen molar-refractivity contribution in [1.29, 1.82) is 0 Å². The molecule has 2 N–H and O–H groups in total. The molecule has 0 spiro atoms. The Bertz CT molecular complexity index is 881. The molecule has 0 saturated carbocycles. The first-order chi connectivity index (χ1) is 10.9. The highest BCUT2D eigenvalue weighted by Gasteiger charge is 2.24. The van der Waals surface area contributed by atoms with E-state index in [1.54, 1.807) is 0 Å². The molecule has 0 unspecified atom stereocenters. The van der Waals surface area contributed by atoms with Crippen LogP contribution in [-0.4, -0.2) is 25.9 Å². The standard InChI is InChI=1S/C13H11Cl2N3O3S2/c14-7-3-4-8(15)10(6-7)23(20,21)18-13-17-9-2-1-5-16-12(19)11(9)22-13/h3-4,6H,1-2,5H2,(H,16,19)(H,17,18). The third-order valence-corrected chi connectivity index (χ3v) is 6.38. The van der Waals surface area contributed by atoms with E-state index < -0.39 is 10.0 Å². The van der Waals surface area contributed by atoms with Gasteiger partial charge in [0.25, 0.3) is 15.9 Å². The number of aromatic nitrogens is 1. The predicted molar refractivity (Wildman–Crippen MR) is 90.0 cm³/mol. The van der Waals surface area contributed by atoms with E-state index in [9.17, 15) is 13.2 Å². The van der Waals surface area contributed by atoms with E-state index in [0.29, 0.717) is 23.5 Å². The molecule has 2 aromatic rings. The molecule has 0 aliphatic carbocycles. The first kappa shape index (κ1) is 16.5. The number of fused-ring (bicyclic) bond motifs is 1. The zero-order chi connectivity index (χ0) is 16.6. The monoisotopic (exact) mass is 391 g/mol. The number of anilines is 1. The molecule has 6 nitrogen and oxygen atoms in total. The molecule has 1 aliphatic rings. The second-order valence-corrected chi connectivity index (χ2v) is 8.33. The van der Waals surface area contributed by atoms with Crippen molar-refractivity contribution < 1.29 is 13.2 Å². The van der Waals surface area contributed by atoms with Crippen LogP contribution in [0, 0.1) is 0 Å². The van der Waals surface area contributed by atoms with E-state index in [2.05, 4.69) is 15.0 Å². The van der Waals surface area contributed by atoms with Gasteiger partial charge in [-0.25, -0.2) is 13.4 Å². The highest BCUT2D eigenvalue weighted by Crippen LogP contribution is 2.30. The van der Waals surface area contributed by atoms with Gasteiger partial charge in [-0.2, -0.15) is 0 Å². The molecule has 1 aromatic heterocycles. The Hall–Kier alpha value is -1.35. The zero-order valence-corrected chi connectivity index (χ0v) is 14.7. The molecule has 0 fully saturated rings. The maximum Gasteiger partial charge on any atom is 0.265 e. The van der Waals surface area contributed by atoms with Gasteiger partial charge in [-0.3, -0.25) is 9.52 Å². The summed E-state index contributed by atoms with van der Waals surface area (Å²) in [6, 6.07) is 4.17. The number of thiazole rings is 1. The Kier molecular flexibility index (Phi) is 4.50. The lowest BCUT2D eigenvalue weighted by Crippen LogP contribution is -2.21. The minimum Gasteiger partial charge on any atom is -0.351 e. The van der Waals surface area contributed by atoms with E-state index >= 15 is 0 Å². The van der Waals surface area contributed by atoms with Gasteiger partial charge >= 0.3 is 0 Å². The molecule has 0 atom stereocenters. The van der Waals surface area contributed by atoms with Crippen molar-refractivity contribution in [3.63, 3.8) is 0 Å². The number of hydrogen-bond donors (Lipinski definition) is 2. The fourth-order valence-electron chi connectivity index (χ4n) is 2.13. The van der Waals surface area contributed by atoms with Crippen molar-refractivity contribution in [2.24, 2.45) is 0 Å². The molecule has 3 rings (SSSR count). The van der Waals surface area contributed by atoms with E-state index in [4.69, 9.17) is 23.2 Å². The second-order valence-electron chi connectivity index (χ2n) is 4.83. The minimum absolute atomic E-state index is 0.0535.